The van der Waals surface area contributed by atoms with Crippen molar-refractivity contribution in [3.05, 3.63) is 80.7 Å². The summed E-state index contributed by atoms with van der Waals surface area (Å²) in [6.45, 7) is 2.32. The van der Waals surface area contributed by atoms with Crippen molar-refractivity contribution in [3.63, 3.8) is 0 Å². The molecule has 2 aromatic heterocycles. The topological polar surface area (TPSA) is 64.0 Å². The van der Waals surface area contributed by atoms with Gasteiger partial charge in [-0.25, -0.2) is 9.78 Å². The number of carbonyl (C=O) groups excluding carboxylic acids is 1. The number of anilines is 1. The van der Waals surface area contributed by atoms with Gasteiger partial charge >= 0.3 is 5.69 Å². The molecule has 0 bridgehead atoms. The van der Waals surface area contributed by atoms with Crippen LogP contribution in [0.4, 0.5) is 5.69 Å². The quantitative estimate of drug-likeness (QED) is 0.802. The van der Waals surface area contributed by atoms with Crippen molar-refractivity contribution in [3.8, 4) is 0 Å². The molecular formula is C17H15N3O2S. The van der Waals surface area contributed by atoms with Crippen molar-refractivity contribution in [2.24, 2.45) is 0 Å². The highest BCUT2D eigenvalue weighted by Crippen LogP contribution is 2.17. The Kier molecular flexibility index (Phi) is 4.34. The Bertz CT molecular complexity index is 898. The highest BCUT2D eigenvalue weighted by molar-refractivity contribution is 7.08. The second kappa shape index (κ2) is 6.58. The fraction of sp³-hybridized carbons (Fsp3) is 0.118. The van der Waals surface area contributed by atoms with Crippen LogP contribution in [-0.2, 0) is 6.54 Å². The van der Waals surface area contributed by atoms with E-state index >= 15 is 0 Å². The van der Waals surface area contributed by atoms with Gasteiger partial charge in [0.25, 0.3) is 5.91 Å². The molecule has 1 aromatic carbocycles. The first kappa shape index (κ1) is 15.2. The molecule has 0 aliphatic carbocycles. The number of nitrogens with one attached hydrogen (secondary N) is 1. The summed E-state index contributed by atoms with van der Waals surface area (Å²) in [6, 6.07) is 9.16. The van der Waals surface area contributed by atoms with Gasteiger partial charge in [-0.15, -0.1) is 0 Å². The van der Waals surface area contributed by atoms with Crippen molar-refractivity contribution in [1.29, 1.82) is 0 Å². The van der Waals surface area contributed by atoms with Crippen LogP contribution in [0, 0.1) is 6.92 Å². The highest BCUT2D eigenvalue weighted by atomic mass is 32.1. The van der Waals surface area contributed by atoms with Gasteiger partial charge in [-0.1, -0.05) is 12.1 Å². The highest BCUT2D eigenvalue weighted by Gasteiger charge is 2.10. The Balaban J connectivity index is 1.78. The normalized spacial score (nSPS) is 10.5. The zero-order valence-electron chi connectivity index (χ0n) is 12.5. The lowest BCUT2D eigenvalue weighted by molar-refractivity contribution is 0.102. The van der Waals surface area contributed by atoms with Crippen molar-refractivity contribution >= 4 is 22.9 Å². The van der Waals surface area contributed by atoms with E-state index in [1.165, 1.54) is 22.1 Å². The van der Waals surface area contributed by atoms with Gasteiger partial charge in [0.2, 0.25) is 0 Å². The Labute approximate surface area is 137 Å². The van der Waals surface area contributed by atoms with Crippen molar-refractivity contribution < 1.29 is 4.79 Å². The van der Waals surface area contributed by atoms with Gasteiger partial charge in [0.05, 0.1) is 12.1 Å². The molecule has 0 saturated heterocycles. The maximum absolute atomic E-state index is 12.3. The Morgan fingerprint density at radius 3 is 2.91 bits per heavy atom. The molecule has 3 rings (SSSR count). The van der Waals surface area contributed by atoms with Crippen LogP contribution in [0.3, 0.4) is 0 Å². The first-order valence-electron chi connectivity index (χ1n) is 7.08. The van der Waals surface area contributed by atoms with Crippen LogP contribution >= 0.6 is 11.3 Å². The van der Waals surface area contributed by atoms with E-state index in [0.717, 1.165) is 11.1 Å². The summed E-state index contributed by atoms with van der Waals surface area (Å²) in [7, 11) is 0. The van der Waals surface area contributed by atoms with E-state index < -0.39 is 0 Å². The SMILES string of the molecule is Cc1cscc1C(=O)Nc1cccc(Cn2cccnc2=O)c1. The predicted molar refractivity (Wildman–Crippen MR) is 91.1 cm³/mol. The number of nitrogens with zero attached hydrogens (tertiary/aromatic N) is 2. The first-order chi connectivity index (χ1) is 11.1. The van der Waals surface area contributed by atoms with Gasteiger partial charge in [-0.05, 0) is 41.6 Å². The summed E-state index contributed by atoms with van der Waals surface area (Å²) < 4.78 is 1.52. The largest absolute Gasteiger partial charge is 0.347 e. The predicted octanol–water partition coefficient (Wildman–Crippen LogP) is 2.91. The smallest absolute Gasteiger partial charge is 0.322 e. The second-order valence-electron chi connectivity index (χ2n) is 5.15. The van der Waals surface area contributed by atoms with Crippen LogP contribution in [0.5, 0.6) is 0 Å². The molecule has 0 atom stereocenters. The monoisotopic (exact) mass is 325 g/mol. The van der Waals surface area contributed by atoms with E-state index in [9.17, 15) is 9.59 Å². The van der Waals surface area contributed by atoms with Crippen LogP contribution < -0.4 is 11.0 Å². The summed E-state index contributed by atoms with van der Waals surface area (Å²) in [6.07, 6.45) is 3.16. The minimum Gasteiger partial charge on any atom is -0.322 e. The fourth-order valence-corrected chi connectivity index (χ4v) is 3.07. The van der Waals surface area contributed by atoms with Gasteiger partial charge in [-0.3, -0.25) is 9.36 Å². The van der Waals surface area contributed by atoms with E-state index in [2.05, 4.69) is 10.3 Å². The number of hydrogen-bond donors (Lipinski definition) is 1. The van der Waals surface area contributed by atoms with Gasteiger partial charge in [0, 0.05) is 23.5 Å². The van der Waals surface area contributed by atoms with Crippen LogP contribution in [0.15, 0.2) is 58.3 Å². The average Bonchev–Trinajstić information content (AvgIpc) is 2.96. The molecule has 0 aliphatic rings. The average molecular weight is 325 g/mol. The molecule has 0 fully saturated rings. The maximum atomic E-state index is 12.3. The molecule has 0 aliphatic heterocycles. The molecule has 1 amide bonds. The van der Waals surface area contributed by atoms with Crippen LogP contribution in [-0.4, -0.2) is 15.5 Å². The Morgan fingerprint density at radius 1 is 1.30 bits per heavy atom. The summed E-state index contributed by atoms with van der Waals surface area (Å²) in [4.78, 5) is 27.6. The second-order valence-corrected chi connectivity index (χ2v) is 5.90. The van der Waals surface area contributed by atoms with Crippen molar-refractivity contribution in [1.82, 2.24) is 9.55 Å². The van der Waals surface area contributed by atoms with E-state index in [1.807, 2.05) is 41.9 Å². The van der Waals surface area contributed by atoms with E-state index in [0.29, 0.717) is 17.8 Å². The number of thiophene rings is 1. The molecule has 6 heteroatoms. The number of carbonyl (C=O) groups is 1. The summed E-state index contributed by atoms with van der Waals surface area (Å²) >= 11 is 1.51. The van der Waals surface area contributed by atoms with E-state index in [4.69, 9.17) is 0 Å². The Morgan fingerprint density at radius 2 is 2.17 bits per heavy atom. The number of rotatable bonds is 4. The standard InChI is InChI=1S/C17H15N3O2S/c1-12-10-23-11-15(12)16(21)19-14-5-2-4-13(8-14)9-20-7-3-6-18-17(20)22/h2-8,10-11H,9H2,1H3,(H,19,21). The van der Waals surface area contributed by atoms with Crippen molar-refractivity contribution in [2.45, 2.75) is 13.5 Å². The molecule has 0 saturated carbocycles. The molecule has 116 valence electrons. The third kappa shape index (κ3) is 3.54. The lowest BCUT2D eigenvalue weighted by atomic mass is 10.1. The van der Waals surface area contributed by atoms with Gasteiger partial charge in [0.1, 0.15) is 0 Å². The number of aromatic nitrogens is 2. The van der Waals surface area contributed by atoms with Crippen molar-refractivity contribution in [2.75, 3.05) is 5.32 Å². The minimum absolute atomic E-state index is 0.126. The lowest BCUT2D eigenvalue weighted by Gasteiger charge is -2.08. The Hall–Kier alpha value is -2.73. The van der Waals surface area contributed by atoms with Crippen LogP contribution in [0.25, 0.3) is 0 Å². The molecule has 2 heterocycles. The van der Waals surface area contributed by atoms with Crippen LogP contribution in [0.2, 0.25) is 0 Å². The zero-order valence-corrected chi connectivity index (χ0v) is 13.3. The van der Waals surface area contributed by atoms with Crippen LogP contribution in [0.1, 0.15) is 21.5 Å². The molecule has 3 aromatic rings. The molecule has 1 N–H and O–H groups in total. The number of amides is 1. The zero-order chi connectivity index (χ0) is 16.2. The number of aryl methyl sites for hydroxylation is 1. The summed E-state index contributed by atoms with van der Waals surface area (Å²) in [5.74, 6) is -0.126. The lowest BCUT2D eigenvalue weighted by Crippen LogP contribution is -2.22. The van der Waals surface area contributed by atoms with Gasteiger partial charge < -0.3 is 5.32 Å². The molecule has 5 nitrogen and oxygen atoms in total. The minimum atomic E-state index is -0.296. The third-order valence-corrected chi connectivity index (χ3v) is 4.28. The molecule has 23 heavy (non-hydrogen) atoms. The summed E-state index contributed by atoms with van der Waals surface area (Å²) in [5, 5.41) is 6.67. The van der Waals surface area contributed by atoms with Gasteiger partial charge in [-0.2, -0.15) is 11.3 Å². The van der Waals surface area contributed by atoms with Gasteiger partial charge in [0.15, 0.2) is 0 Å². The number of hydrogen-bond acceptors (Lipinski definition) is 4. The fourth-order valence-electron chi connectivity index (χ4n) is 2.24. The molecular weight excluding hydrogens is 310 g/mol. The number of benzene rings is 1. The van der Waals surface area contributed by atoms with E-state index in [1.54, 1.807) is 12.3 Å². The third-order valence-electron chi connectivity index (χ3n) is 3.42. The summed E-state index contributed by atoms with van der Waals surface area (Å²) in [5.41, 5.74) is 2.97. The molecule has 0 radical (unpaired) electrons. The van der Waals surface area contributed by atoms with E-state index in [-0.39, 0.29) is 11.6 Å². The molecule has 0 spiro atoms. The first-order valence-corrected chi connectivity index (χ1v) is 8.02. The maximum Gasteiger partial charge on any atom is 0.347 e. The molecule has 0 unspecified atom stereocenters.